The van der Waals surface area contributed by atoms with Crippen LogP contribution in [-0.4, -0.2) is 27.2 Å². The van der Waals surface area contributed by atoms with Crippen molar-refractivity contribution in [2.45, 2.75) is 44.2 Å². The van der Waals surface area contributed by atoms with Crippen molar-refractivity contribution < 1.29 is 5.11 Å². The van der Waals surface area contributed by atoms with Gasteiger partial charge in [0.2, 0.25) is 0 Å². The molecule has 0 aliphatic heterocycles. The largest absolute Gasteiger partial charge is 0.391 e. The summed E-state index contributed by atoms with van der Waals surface area (Å²) < 4.78 is 0. The molecular weight excluding hydrogens is 238 g/mol. The Morgan fingerprint density at radius 1 is 1.05 bits per heavy atom. The van der Waals surface area contributed by atoms with Crippen molar-refractivity contribution in [2.75, 3.05) is 5.32 Å². The first-order chi connectivity index (χ1) is 9.33. The average molecular weight is 257 g/mol. The Morgan fingerprint density at radius 2 is 1.84 bits per heavy atom. The summed E-state index contributed by atoms with van der Waals surface area (Å²) in [7, 11) is 0. The molecule has 0 spiro atoms. The van der Waals surface area contributed by atoms with Crippen LogP contribution in [0, 0.1) is 0 Å². The van der Waals surface area contributed by atoms with E-state index in [1.165, 1.54) is 6.42 Å². The summed E-state index contributed by atoms with van der Waals surface area (Å²) in [6, 6.07) is 7.92. The molecule has 3 rings (SSSR count). The highest BCUT2D eigenvalue weighted by molar-refractivity contribution is 5.75. The average Bonchev–Trinajstić information content (AvgIpc) is 2.64. The fourth-order valence-electron chi connectivity index (χ4n) is 2.67. The summed E-state index contributed by atoms with van der Waals surface area (Å²) in [6.07, 6.45) is 6.82. The summed E-state index contributed by atoms with van der Waals surface area (Å²) in [4.78, 5) is 8.94. The minimum Gasteiger partial charge on any atom is -0.391 e. The molecule has 1 aliphatic carbocycles. The molecule has 100 valence electrons. The summed E-state index contributed by atoms with van der Waals surface area (Å²) in [6.45, 7) is 0. The molecule has 0 amide bonds. The fourth-order valence-corrected chi connectivity index (χ4v) is 2.67. The van der Waals surface area contributed by atoms with Gasteiger partial charge in [0.25, 0.3) is 0 Å². The topological polar surface area (TPSA) is 58.0 Å². The molecular formula is C15H19N3O. The van der Waals surface area contributed by atoms with Gasteiger partial charge in [-0.2, -0.15) is 0 Å². The van der Waals surface area contributed by atoms with Crippen LogP contribution in [0.25, 0.3) is 11.0 Å². The summed E-state index contributed by atoms with van der Waals surface area (Å²) in [5.41, 5.74) is 1.78. The normalized spacial score (nSPS) is 24.1. The molecule has 1 aromatic heterocycles. The number of nitrogens with one attached hydrogen (secondary N) is 1. The minimum atomic E-state index is -0.282. The molecule has 1 aromatic carbocycles. The number of aromatic nitrogens is 2. The Bertz CT molecular complexity index is 558. The Labute approximate surface area is 112 Å². The van der Waals surface area contributed by atoms with Crippen LogP contribution in [0.15, 0.2) is 30.5 Å². The van der Waals surface area contributed by atoms with Crippen LogP contribution in [0.4, 0.5) is 5.82 Å². The Balaban J connectivity index is 1.80. The number of anilines is 1. The molecule has 4 nitrogen and oxygen atoms in total. The molecule has 4 heteroatoms. The minimum absolute atomic E-state index is 0.0953. The van der Waals surface area contributed by atoms with E-state index < -0.39 is 0 Å². The number of fused-ring (bicyclic) bond motifs is 1. The SMILES string of the molecule is OC1CCCCCC1Nc1cnc2ccccc2n1. The third kappa shape index (κ3) is 2.84. The van der Waals surface area contributed by atoms with Crippen molar-refractivity contribution >= 4 is 16.9 Å². The van der Waals surface area contributed by atoms with Gasteiger partial charge >= 0.3 is 0 Å². The summed E-state index contributed by atoms with van der Waals surface area (Å²) in [5.74, 6) is 0.754. The number of benzene rings is 1. The van der Waals surface area contributed by atoms with Gasteiger partial charge in [0.15, 0.2) is 0 Å². The van der Waals surface area contributed by atoms with Crippen molar-refractivity contribution in [3.8, 4) is 0 Å². The van der Waals surface area contributed by atoms with E-state index in [4.69, 9.17) is 0 Å². The van der Waals surface area contributed by atoms with Gasteiger partial charge in [0.1, 0.15) is 5.82 Å². The molecule has 2 N–H and O–H groups in total. The van der Waals surface area contributed by atoms with E-state index in [0.29, 0.717) is 0 Å². The Morgan fingerprint density at radius 3 is 2.74 bits per heavy atom. The third-order valence-corrected chi connectivity index (χ3v) is 3.76. The number of nitrogens with zero attached hydrogens (tertiary/aromatic N) is 2. The first-order valence-corrected chi connectivity index (χ1v) is 6.99. The molecule has 2 unspecified atom stereocenters. The van der Waals surface area contributed by atoms with Gasteiger partial charge in [0, 0.05) is 0 Å². The first kappa shape index (κ1) is 12.4. The highest BCUT2D eigenvalue weighted by Gasteiger charge is 2.21. The lowest BCUT2D eigenvalue weighted by molar-refractivity contribution is 0.144. The number of hydrogen-bond acceptors (Lipinski definition) is 4. The maximum atomic E-state index is 10.1. The van der Waals surface area contributed by atoms with Crippen LogP contribution >= 0.6 is 0 Å². The third-order valence-electron chi connectivity index (χ3n) is 3.76. The monoisotopic (exact) mass is 257 g/mol. The molecule has 19 heavy (non-hydrogen) atoms. The zero-order valence-corrected chi connectivity index (χ0v) is 10.9. The number of rotatable bonds is 2. The maximum absolute atomic E-state index is 10.1. The molecule has 0 bridgehead atoms. The van der Waals surface area contributed by atoms with E-state index in [1.807, 2.05) is 24.3 Å². The lowest BCUT2D eigenvalue weighted by Crippen LogP contribution is -2.32. The summed E-state index contributed by atoms with van der Waals surface area (Å²) in [5, 5.41) is 13.5. The van der Waals surface area contributed by atoms with Crippen LogP contribution < -0.4 is 5.32 Å². The van der Waals surface area contributed by atoms with Gasteiger partial charge < -0.3 is 10.4 Å². The van der Waals surface area contributed by atoms with Gasteiger partial charge in [-0.05, 0) is 25.0 Å². The second-order valence-corrected chi connectivity index (χ2v) is 5.20. The van der Waals surface area contributed by atoms with Crippen molar-refractivity contribution in [1.82, 2.24) is 9.97 Å². The van der Waals surface area contributed by atoms with Crippen LogP contribution in [-0.2, 0) is 0 Å². The zero-order chi connectivity index (χ0) is 13.1. The van der Waals surface area contributed by atoms with E-state index >= 15 is 0 Å². The van der Waals surface area contributed by atoms with Crippen molar-refractivity contribution in [3.05, 3.63) is 30.5 Å². The fraction of sp³-hybridized carbons (Fsp3) is 0.467. The number of aliphatic hydroxyl groups excluding tert-OH is 1. The van der Waals surface area contributed by atoms with E-state index in [0.717, 1.165) is 42.5 Å². The standard InChI is InChI=1S/C15H19N3O/c19-14-9-3-1-2-8-13(14)18-15-10-16-11-6-4-5-7-12(11)17-15/h4-7,10,13-14,19H,1-3,8-9H2,(H,17,18). The lowest BCUT2D eigenvalue weighted by atomic mass is 10.1. The Hall–Kier alpha value is -1.68. The lowest BCUT2D eigenvalue weighted by Gasteiger charge is -2.22. The smallest absolute Gasteiger partial charge is 0.145 e. The molecule has 2 aromatic rings. The molecule has 0 radical (unpaired) electrons. The first-order valence-electron chi connectivity index (χ1n) is 6.99. The molecule has 0 saturated heterocycles. The second-order valence-electron chi connectivity index (χ2n) is 5.20. The van der Waals surface area contributed by atoms with Crippen molar-refractivity contribution in [3.63, 3.8) is 0 Å². The molecule has 2 atom stereocenters. The van der Waals surface area contributed by atoms with E-state index in [1.54, 1.807) is 6.20 Å². The van der Waals surface area contributed by atoms with Gasteiger partial charge in [-0.3, -0.25) is 4.98 Å². The summed E-state index contributed by atoms with van der Waals surface area (Å²) >= 11 is 0. The molecule has 1 saturated carbocycles. The van der Waals surface area contributed by atoms with E-state index in [-0.39, 0.29) is 12.1 Å². The number of hydrogen-bond donors (Lipinski definition) is 2. The van der Waals surface area contributed by atoms with Crippen molar-refractivity contribution in [1.29, 1.82) is 0 Å². The van der Waals surface area contributed by atoms with Crippen LogP contribution in [0.5, 0.6) is 0 Å². The molecule has 1 fully saturated rings. The maximum Gasteiger partial charge on any atom is 0.145 e. The molecule has 1 heterocycles. The van der Waals surface area contributed by atoms with Crippen LogP contribution in [0.3, 0.4) is 0 Å². The highest BCUT2D eigenvalue weighted by Crippen LogP contribution is 2.21. The van der Waals surface area contributed by atoms with Gasteiger partial charge in [-0.15, -0.1) is 0 Å². The molecule has 1 aliphatic rings. The van der Waals surface area contributed by atoms with Gasteiger partial charge in [-0.1, -0.05) is 31.4 Å². The number of aliphatic hydroxyl groups is 1. The van der Waals surface area contributed by atoms with E-state index in [2.05, 4.69) is 15.3 Å². The van der Waals surface area contributed by atoms with Crippen molar-refractivity contribution in [2.24, 2.45) is 0 Å². The van der Waals surface area contributed by atoms with Gasteiger partial charge in [-0.25, -0.2) is 4.98 Å². The predicted octanol–water partition coefficient (Wildman–Crippen LogP) is 2.74. The van der Waals surface area contributed by atoms with Crippen LogP contribution in [0.1, 0.15) is 32.1 Å². The van der Waals surface area contributed by atoms with E-state index in [9.17, 15) is 5.11 Å². The number of para-hydroxylation sites is 2. The van der Waals surface area contributed by atoms with Crippen LogP contribution in [0.2, 0.25) is 0 Å². The van der Waals surface area contributed by atoms with Gasteiger partial charge in [0.05, 0.1) is 29.4 Å². The quantitative estimate of drug-likeness (QED) is 0.812. The Kier molecular flexibility index (Phi) is 3.60. The zero-order valence-electron chi connectivity index (χ0n) is 10.9. The second kappa shape index (κ2) is 5.53. The highest BCUT2D eigenvalue weighted by atomic mass is 16.3. The predicted molar refractivity (Wildman–Crippen MR) is 76.0 cm³/mol.